The topological polar surface area (TPSA) is 81.3 Å². The van der Waals surface area contributed by atoms with Crippen molar-refractivity contribution < 1.29 is 9.59 Å². The van der Waals surface area contributed by atoms with E-state index in [1.165, 1.54) is 4.90 Å². The quantitative estimate of drug-likeness (QED) is 0.487. The van der Waals surface area contributed by atoms with Crippen molar-refractivity contribution in [1.82, 2.24) is 25.1 Å². The third-order valence-corrected chi connectivity index (χ3v) is 5.39. The van der Waals surface area contributed by atoms with Crippen molar-refractivity contribution in [2.24, 2.45) is 0 Å². The van der Waals surface area contributed by atoms with Gasteiger partial charge in [-0.05, 0) is 11.1 Å². The van der Waals surface area contributed by atoms with Crippen LogP contribution < -0.4 is 10.8 Å². The zero-order chi connectivity index (χ0) is 22.7. The van der Waals surface area contributed by atoms with Gasteiger partial charge in [0, 0.05) is 20.6 Å². The first-order valence-electron chi connectivity index (χ1n) is 10.3. The minimum Gasteiger partial charge on any atom is -0.340 e. The van der Waals surface area contributed by atoms with Gasteiger partial charge in [0.2, 0.25) is 0 Å². The second-order valence-corrected chi connectivity index (χ2v) is 7.86. The molecule has 160 valence electrons. The van der Waals surface area contributed by atoms with E-state index in [4.69, 9.17) is 7.85 Å². The van der Waals surface area contributed by atoms with Crippen LogP contribution in [0.2, 0.25) is 0 Å². The molecule has 0 saturated carbocycles. The van der Waals surface area contributed by atoms with E-state index in [0.29, 0.717) is 17.8 Å². The number of rotatable bonds is 5. The summed E-state index contributed by atoms with van der Waals surface area (Å²) in [5.74, 6) is 0.455. The molecular formula is C24H24BN5O2. The van der Waals surface area contributed by atoms with Gasteiger partial charge in [-0.25, -0.2) is 9.78 Å². The van der Waals surface area contributed by atoms with Gasteiger partial charge in [-0.3, -0.25) is 4.79 Å². The summed E-state index contributed by atoms with van der Waals surface area (Å²) in [4.78, 5) is 36.9. The molecular weight excluding hydrogens is 401 g/mol. The van der Waals surface area contributed by atoms with Crippen LogP contribution in [0.1, 0.15) is 23.5 Å². The SMILES string of the molecule is [B]c1ccc(-c2cnc([C@@H]3C=CCN3C(=O)C(NC(=O)N(C)C)c3ccccc3)[nH]2)cc1. The Morgan fingerprint density at radius 2 is 1.88 bits per heavy atom. The summed E-state index contributed by atoms with van der Waals surface area (Å²) in [6.07, 6.45) is 5.63. The fourth-order valence-corrected chi connectivity index (χ4v) is 3.63. The zero-order valence-electron chi connectivity index (χ0n) is 18.0. The van der Waals surface area contributed by atoms with Crippen molar-refractivity contribution >= 4 is 25.2 Å². The lowest BCUT2D eigenvalue weighted by Crippen LogP contribution is -2.45. The maximum Gasteiger partial charge on any atom is 0.317 e. The number of amides is 3. The molecule has 2 radical (unpaired) electrons. The summed E-state index contributed by atoms with van der Waals surface area (Å²) in [5, 5.41) is 2.84. The number of carbonyl (C=O) groups excluding carboxylic acids is 2. The van der Waals surface area contributed by atoms with Crippen molar-refractivity contribution in [1.29, 1.82) is 0 Å². The summed E-state index contributed by atoms with van der Waals surface area (Å²) >= 11 is 0. The highest BCUT2D eigenvalue weighted by molar-refractivity contribution is 6.32. The van der Waals surface area contributed by atoms with Crippen LogP contribution in [0.25, 0.3) is 11.3 Å². The monoisotopic (exact) mass is 425 g/mol. The number of urea groups is 1. The lowest BCUT2D eigenvalue weighted by Gasteiger charge is -2.29. The van der Waals surface area contributed by atoms with Crippen LogP contribution in [0.4, 0.5) is 4.79 Å². The van der Waals surface area contributed by atoms with Crippen molar-refractivity contribution in [3.8, 4) is 11.3 Å². The molecule has 3 amide bonds. The number of H-pyrrole nitrogens is 1. The average molecular weight is 425 g/mol. The smallest absolute Gasteiger partial charge is 0.317 e. The maximum atomic E-state index is 13.6. The van der Waals surface area contributed by atoms with Gasteiger partial charge in [-0.1, -0.05) is 72.2 Å². The number of carbonyl (C=O) groups is 2. The van der Waals surface area contributed by atoms with E-state index in [1.54, 1.807) is 25.2 Å². The number of benzene rings is 2. The van der Waals surface area contributed by atoms with Gasteiger partial charge in [0.05, 0.1) is 11.9 Å². The predicted octanol–water partition coefficient (Wildman–Crippen LogP) is 2.32. The molecule has 0 fully saturated rings. The Hall–Kier alpha value is -3.81. The molecule has 32 heavy (non-hydrogen) atoms. The molecule has 1 unspecified atom stereocenters. The molecule has 0 bridgehead atoms. The largest absolute Gasteiger partial charge is 0.340 e. The van der Waals surface area contributed by atoms with Crippen LogP contribution in [0.3, 0.4) is 0 Å². The maximum absolute atomic E-state index is 13.6. The van der Waals surface area contributed by atoms with Gasteiger partial charge in [0.15, 0.2) is 0 Å². The number of aromatic amines is 1. The van der Waals surface area contributed by atoms with Crippen molar-refractivity contribution in [2.45, 2.75) is 12.1 Å². The first kappa shape index (κ1) is 21.4. The van der Waals surface area contributed by atoms with Gasteiger partial charge in [-0.15, -0.1) is 0 Å². The van der Waals surface area contributed by atoms with Gasteiger partial charge in [0.1, 0.15) is 25.8 Å². The Morgan fingerprint density at radius 3 is 2.56 bits per heavy atom. The summed E-state index contributed by atoms with van der Waals surface area (Å²) < 4.78 is 0. The summed E-state index contributed by atoms with van der Waals surface area (Å²) in [6.45, 7) is 0.433. The van der Waals surface area contributed by atoms with Gasteiger partial charge in [0.25, 0.3) is 5.91 Å². The van der Waals surface area contributed by atoms with E-state index in [9.17, 15) is 9.59 Å². The molecule has 7 nitrogen and oxygen atoms in total. The van der Waals surface area contributed by atoms with Gasteiger partial charge in [-0.2, -0.15) is 0 Å². The van der Waals surface area contributed by atoms with E-state index in [-0.39, 0.29) is 18.0 Å². The van der Waals surface area contributed by atoms with Gasteiger partial charge >= 0.3 is 6.03 Å². The molecule has 0 saturated heterocycles. The fraction of sp³-hybridized carbons (Fsp3) is 0.208. The molecule has 4 rings (SSSR count). The van der Waals surface area contributed by atoms with E-state index >= 15 is 0 Å². The number of nitrogens with one attached hydrogen (secondary N) is 2. The Balaban J connectivity index is 1.59. The lowest BCUT2D eigenvalue weighted by molar-refractivity contribution is -0.134. The van der Waals surface area contributed by atoms with Crippen molar-refractivity contribution in [3.63, 3.8) is 0 Å². The molecule has 1 aliphatic heterocycles. The Bertz CT molecular complexity index is 1120. The Morgan fingerprint density at radius 1 is 1.16 bits per heavy atom. The molecule has 2 aromatic carbocycles. The molecule has 2 atom stereocenters. The summed E-state index contributed by atoms with van der Waals surface area (Å²) in [6, 6.07) is 15.3. The van der Waals surface area contributed by atoms with Crippen LogP contribution in [-0.2, 0) is 4.79 Å². The van der Waals surface area contributed by atoms with Crippen molar-refractivity contribution in [2.75, 3.05) is 20.6 Å². The highest BCUT2D eigenvalue weighted by atomic mass is 16.2. The minimum absolute atomic E-state index is 0.202. The number of aromatic nitrogens is 2. The lowest BCUT2D eigenvalue weighted by atomic mass is 9.95. The van der Waals surface area contributed by atoms with Crippen LogP contribution in [0, 0.1) is 0 Å². The van der Waals surface area contributed by atoms with E-state index < -0.39 is 6.04 Å². The van der Waals surface area contributed by atoms with E-state index in [0.717, 1.165) is 16.8 Å². The summed E-state index contributed by atoms with van der Waals surface area (Å²) in [5.41, 5.74) is 3.21. The first-order chi connectivity index (χ1) is 15.4. The van der Waals surface area contributed by atoms with Crippen LogP contribution in [-0.4, -0.2) is 60.2 Å². The number of hydrogen-bond donors (Lipinski definition) is 2. The fourth-order valence-electron chi connectivity index (χ4n) is 3.63. The Kier molecular flexibility index (Phi) is 6.12. The first-order valence-corrected chi connectivity index (χ1v) is 10.3. The van der Waals surface area contributed by atoms with Crippen molar-refractivity contribution in [3.05, 3.63) is 84.3 Å². The number of nitrogens with zero attached hydrogens (tertiary/aromatic N) is 3. The minimum atomic E-state index is -0.806. The predicted molar refractivity (Wildman–Crippen MR) is 124 cm³/mol. The van der Waals surface area contributed by atoms with E-state index in [2.05, 4.69) is 15.3 Å². The average Bonchev–Trinajstić information content (AvgIpc) is 3.47. The van der Waals surface area contributed by atoms with Crippen LogP contribution >= 0.6 is 0 Å². The Labute approximate surface area is 188 Å². The zero-order valence-corrected chi connectivity index (χ0v) is 18.0. The molecule has 0 spiro atoms. The molecule has 3 aromatic rings. The molecule has 0 aliphatic carbocycles. The highest BCUT2D eigenvalue weighted by Crippen LogP contribution is 2.30. The normalized spacial score (nSPS) is 16.1. The number of imidazole rings is 1. The third kappa shape index (κ3) is 4.44. The standard InChI is InChI=1S/C24H24BN5O2/c1-29(2)24(32)28-21(17-7-4-3-5-8-17)23(31)30-14-6-9-20(30)22-26-15-19(27-22)16-10-12-18(25)13-11-16/h3-13,15,20-21H,14H2,1-2H3,(H,26,27)(H,28,32)/t20-,21?/m0/s1. The molecule has 2 N–H and O–H groups in total. The summed E-state index contributed by atoms with van der Waals surface area (Å²) in [7, 11) is 9.06. The molecule has 1 aromatic heterocycles. The molecule has 2 heterocycles. The second kappa shape index (κ2) is 9.14. The molecule has 8 heteroatoms. The molecule has 1 aliphatic rings. The van der Waals surface area contributed by atoms with Crippen LogP contribution in [0.15, 0.2) is 72.9 Å². The second-order valence-electron chi connectivity index (χ2n) is 7.86. The van der Waals surface area contributed by atoms with Crippen LogP contribution in [0.5, 0.6) is 0 Å². The highest BCUT2D eigenvalue weighted by Gasteiger charge is 2.34. The van der Waals surface area contributed by atoms with E-state index in [1.807, 2.05) is 66.7 Å². The number of hydrogen-bond acceptors (Lipinski definition) is 3. The van der Waals surface area contributed by atoms with Gasteiger partial charge < -0.3 is 20.1 Å². The third-order valence-electron chi connectivity index (χ3n) is 5.39.